The van der Waals surface area contributed by atoms with E-state index in [0.29, 0.717) is 17.7 Å². The maximum Gasteiger partial charge on any atom is 0.274 e. The predicted molar refractivity (Wildman–Crippen MR) is 76.9 cm³/mol. The van der Waals surface area contributed by atoms with Crippen molar-refractivity contribution in [3.05, 3.63) is 33.9 Å². The first-order chi connectivity index (χ1) is 8.54. The highest BCUT2D eigenvalue weighted by Crippen LogP contribution is 2.22. The second kappa shape index (κ2) is 8.44. The Kier molecular flexibility index (Phi) is 7.71. The molecule has 7 heteroatoms. The van der Waals surface area contributed by atoms with Crippen LogP contribution in [-0.4, -0.2) is 24.4 Å². The van der Waals surface area contributed by atoms with Gasteiger partial charge in [0.15, 0.2) is 0 Å². The Hall–Kier alpha value is -1.66. The molecule has 1 aromatic carbocycles. The number of hydrogen-bond acceptors (Lipinski definition) is 4. The van der Waals surface area contributed by atoms with Crippen molar-refractivity contribution in [1.29, 1.82) is 0 Å². The van der Waals surface area contributed by atoms with Crippen LogP contribution in [0.25, 0.3) is 0 Å². The average Bonchev–Trinajstić information content (AvgIpc) is 2.31. The van der Waals surface area contributed by atoms with E-state index in [-0.39, 0.29) is 24.0 Å². The molecule has 0 aliphatic carbocycles. The minimum Gasteiger partial charge on any atom is -0.326 e. The fourth-order valence-corrected chi connectivity index (χ4v) is 1.53. The largest absolute Gasteiger partial charge is 0.326 e. The first-order valence-corrected chi connectivity index (χ1v) is 5.74. The van der Waals surface area contributed by atoms with Crippen LogP contribution in [-0.2, 0) is 4.79 Å². The van der Waals surface area contributed by atoms with Gasteiger partial charge >= 0.3 is 0 Å². The number of anilines is 1. The van der Waals surface area contributed by atoms with Crippen LogP contribution in [0.5, 0.6) is 0 Å². The van der Waals surface area contributed by atoms with E-state index in [1.54, 1.807) is 19.1 Å². The van der Waals surface area contributed by atoms with Crippen LogP contribution in [0.3, 0.4) is 0 Å². The van der Waals surface area contributed by atoms with Crippen molar-refractivity contribution >= 4 is 29.7 Å². The molecule has 1 rings (SSSR count). The Bertz CT molecular complexity index is 452. The van der Waals surface area contributed by atoms with E-state index < -0.39 is 4.92 Å². The van der Waals surface area contributed by atoms with Crippen LogP contribution < -0.4 is 10.6 Å². The molecule has 0 saturated heterocycles. The second-order valence-corrected chi connectivity index (χ2v) is 4.01. The van der Waals surface area contributed by atoms with Crippen molar-refractivity contribution in [2.45, 2.75) is 19.8 Å². The number of nitro groups is 1. The molecular formula is C12H18ClN3O3. The highest BCUT2D eigenvalue weighted by molar-refractivity contribution is 5.91. The SMILES string of the molecule is CNCCCC(=O)Nc1ccc(C)c([N+](=O)[O-])c1.Cl. The van der Waals surface area contributed by atoms with Crippen molar-refractivity contribution < 1.29 is 9.72 Å². The van der Waals surface area contributed by atoms with Gasteiger partial charge in [0.2, 0.25) is 5.91 Å². The summed E-state index contributed by atoms with van der Waals surface area (Å²) in [5.74, 6) is -0.136. The third kappa shape index (κ3) is 5.67. The number of hydrogen-bond donors (Lipinski definition) is 2. The second-order valence-electron chi connectivity index (χ2n) is 4.01. The van der Waals surface area contributed by atoms with Crippen molar-refractivity contribution in [3.63, 3.8) is 0 Å². The standard InChI is InChI=1S/C12H17N3O3.ClH/c1-9-5-6-10(8-11(9)15(17)18)14-12(16)4-3-7-13-2;/h5-6,8,13H,3-4,7H2,1-2H3,(H,14,16);1H. The Labute approximate surface area is 118 Å². The molecule has 0 spiro atoms. The summed E-state index contributed by atoms with van der Waals surface area (Å²) >= 11 is 0. The summed E-state index contributed by atoms with van der Waals surface area (Å²) in [4.78, 5) is 21.8. The number of carbonyl (C=O) groups is 1. The molecule has 0 bridgehead atoms. The maximum atomic E-state index is 11.5. The zero-order valence-electron chi connectivity index (χ0n) is 10.9. The summed E-state index contributed by atoms with van der Waals surface area (Å²) < 4.78 is 0. The van der Waals surface area contributed by atoms with Crippen LogP contribution >= 0.6 is 12.4 Å². The van der Waals surface area contributed by atoms with Crippen molar-refractivity contribution in [2.75, 3.05) is 18.9 Å². The van der Waals surface area contributed by atoms with E-state index in [2.05, 4.69) is 10.6 Å². The van der Waals surface area contributed by atoms with Gasteiger partial charge in [0, 0.05) is 23.7 Å². The van der Waals surface area contributed by atoms with Crippen LogP contribution in [0.1, 0.15) is 18.4 Å². The number of amides is 1. The Morgan fingerprint density at radius 3 is 2.68 bits per heavy atom. The van der Waals surface area contributed by atoms with Crippen molar-refractivity contribution in [1.82, 2.24) is 5.32 Å². The predicted octanol–water partition coefficient (Wildman–Crippen LogP) is 2.26. The number of benzene rings is 1. The van der Waals surface area contributed by atoms with Gasteiger partial charge in [-0.05, 0) is 33.0 Å². The molecule has 19 heavy (non-hydrogen) atoms. The Morgan fingerprint density at radius 2 is 2.11 bits per heavy atom. The number of halogens is 1. The summed E-state index contributed by atoms with van der Waals surface area (Å²) in [5, 5.41) is 16.4. The van der Waals surface area contributed by atoms with Crippen LogP contribution in [0.15, 0.2) is 18.2 Å². The summed E-state index contributed by atoms with van der Waals surface area (Å²) in [6, 6.07) is 4.67. The van der Waals surface area contributed by atoms with Gasteiger partial charge in [0.05, 0.1) is 4.92 Å². The molecule has 0 radical (unpaired) electrons. The van der Waals surface area contributed by atoms with E-state index in [4.69, 9.17) is 0 Å². The summed E-state index contributed by atoms with van der Waals surface area (Å²) in [5.41, 5.74) is 1.05. The molecule has 106 valence electrons. The van der Waals surface area contributed by atoms with Gasteiger partial charge in [-0.25, -0.2) is 0 Å². The van der Waals surface area contributed by atoms with Crippen LogP contribution in [0.4, 0.5) is 11.4 Å². The average molecular weight is 288 g/mol. The van der Waals surface area contributed by atoms with Crippen LogP contribution in [0.2, 0.25) is 0 Å². The van der Waals surface area contributed by atoms with Gasteiger partial charge < -0.3 is 10.6 Å². The molecule has 0 fully saturated rings. The highest BCUT2D eigenvalue weighted by Gasteiger charge is 2.12. The third-order valence-corrected chi connectivity index (χ3v) is 2.52. The van der Waals surface area contributed by atoms with Crippen molar-refractivity contribution in [2.24, 2.45) is 0 Å². The molecule has 0 aromatic heterocycles. The number of nitrogens with one attached hydrogen (secondary N) is 2. The molecule has 0 saturated carbocycles. The molecule has 1 aromatic rings. The fourth-order valence-electron chi connectivity index (χ4n) is 1.53. The lowest BCUT2D eigenvalue weighted by Crippen LogP contribution is -2.15. The van der Waals surface area contributed by atoms with Gasteiger partial charge in [-0.1, -0.05) is 6.07 Å². The van der Waals surface area contributed by atoms with Crippen LogP contribution in [0, 0.1) is 17.0 Å². The van der Waals surface area contributed by atoms with Gasteiger partial charge in [-0.3, -0.25) is 14.9 Å². The third-order valence-electron chi connectivity index (χ3n) is 2.52. The van der Waals surface area contributed by atoms with Gasteiger partial charge in [0.1, 0.15) is 0 Å². The smallest absolute Gasteiger partial charge is 0.274 e. The number of nitrogens with zero attached hydrogens (tertiary/aromatic N) is 1. The minimum absolute atomic E-state index is 0. The fraction of sp³-hybridized carbons (Fsp3) is 0.417. The topological polar surface area (TPSA) is 84.3 Å². The summed E-state index contributed by atoms with van der Waals surface area (Å²) in [7, 11) is 1.82. The van der Waals surface area contributed by atoms with Gasteiger partial charge in [0.25, 0.3) is 5.69 Å². The Morgan fingerprint density at radius 1 is 1.42 bits per heavy atom. The number of rotatable bonds is 6. The zero-order valence-corrected chi connectivity index (χ0v) is 11.8. The number of aryl methyl sites for hydroxylation is 1. The Balaban J connectivity index is 0.00000324. The normalized spacial score (nSPS) is 9.58. The van der Waals surface area contributed by atoms with Crippen molar-refractivity contribution in [3.8, 4) is 0 Å². The molecule has 2 N–H and O–H groups in total. The van der Waals surface area contributed by atoms with Gasteiger partial charge in [-0.2, -0.15) is 0 Å². The zero-order chi connectivity index (χ0) is 13.5. The monoisotopic (exact) mass is 287 g/mol. The molecule has 0 unspecified atom stereocenters. The molecule has 0 atom stereocenters. The van der Waals surface area contributed by atoms with E-state index >= 15 is 0 Å². The summed E-state index contributed by atoms with van der Waals surface area (Å²) in [6.07, 6.45) is 1.12. The molecule has 0 aliphatic rings. The minimum atomic E-state index is -0.452. The van der Waals surface area contributed by atoms with E-state index in [1.165, 1.54) is 6.07 Å². The lowest BCUT2D eigenvalue weighted by atomic mass is 10.2. The van der Waals surface area contributed by atoms with Gasteiger partial charge in [-0.15, -0.1) is 12.4 Å². The molecule has 6 nitrogen and oxygen atoms in total. The highest BCUT2D eigenvalue weighted by atomic mass is 35.5. The number of carbonyl (C=O) groups excluding carboxylic acids is 1. The summed E-state index contributed by atoms with van der Waals surface area (Å²) in [6.45, 7) is 2.43. The maximum absolute atomic E-state index is 11.5. The quantitative estimate of drug-likeness (QED) is 0.477. The lowest BCUT2D eigenvalue weighted by Gasteiger charge is -2.06. The first kappa shape index (κ1) is 17.3. The molecule has 0 heterocycles. The van der Waals surface area contributed by atoms with E-state index in [9.17, 15) is 14.9 Å². The molecule has 1 amide bonds. The first-order valence-electron chi connectivity index (χ1n) is 5.74. The van der Waals surface area contributed by atoms with E-state index in [0.717, 1.165) is 13.0 Å². The lowest BCUT2D eigenvalue weighted by molar-refractivity contribution is -0.385. The molecule has 0 aliphatic heterocycles. The number of nitro benzene ring substituents is 1. The van der Waals surface area contributed by atoms with E-state index in [1.807, 2.05) is 7.05 Å². The molecular weight excluding hydrogens is 270 g/mol.